The van der Waals surface area contributed by atoms with E-state index in [-0.39, 0.29) is 0 Å². The number of methoxy groups -OCH3 is 1. The van der Waals surface area contributed by atoms with E-state index in [9.17, 15) is 5.11 Å². The van der Waals surface area contributed by atoms with Gasteiger partial charge >= 0.3 is 0 Å². The second-order valence-electron chi connectivity index (χ2n) is 7.99. The van der Waals surface area contributed by atoms with Gasteiger partial charge in [-0.2, -0.15) is 0 Å². The summed E-state index contributed by atoms with van der Waals surface area (Å²) in [6.45, 7) is 4.02. The van der Waals surface area contributed by atoms with Crippen LogP contribution >= 0.6 is 0 Å². The van der Waals surface area contributed by atoms with Gasteiger partial charge in [0.25, 0.3) is 0 Å². The fraction of sp³-hybridized carbons (Fsp3) is 0.185. The molecular formula is C27H27N3O2. The second-order valence-corrected chi connectivity index (χ2v) is 7.99. The molecule has 2 N–H and O–H groups in total. The van der Waals surface area contributed by atoms with Gasteiger partial charge in [-0.25, -0.2) is 9.97 Å². The number of aromatic nitrogens is 2. The Morgan fingerprint density at radius 2 is 1.78 bits per heavy atom. The van der Waals surface area contributed by atoms with E-state index in [1.54, 1.807) is 13.3 Å². The molecule has 32 heavy (non-hydrogen) atoms. The topological polar surface area (TPSA) is 67.3 Å². The van der Waals surface area contributed by atoms with Crippen LogP contribution in [0.1, 0.15) is 25.1 Å². The lowest BCUT2D eigenvalue weighted by molar-refractivity contribution is 0.203. The van der Waals surface area contributed by atoms with Gasteiger partial charge < -0.3 is 15.2 Å². The molecule has 1 heterocycles. The molecule has 0 aliphatic carbocycles. The van der Waals surface area contributed by atoms with Crippen molar-refractivity contribution in [3.8, 4) is 17.0 Å². The summed E-state index contributed by atoms with van der Waals surface area (Å²) >= 11 is 0. The fourth-order valence-electron chi connectivity index (χ4n) is 3.59. The van der Waals surface area contributed by atoms with Crippen LogP contribution in [0.15, 0.2) is 78.5 Å². The summed E-state index contributed by atoms with van der Waals surface area (Å²) in [6, 6.07) is 22.1. The monoisotopic (exact) mass is 425 g/mol. The van der Waals surface area contributed by atoms with Crippen molar-refractivity contribution in [2.24, 2.45) is 0 Å². The number of benzene rings is 3. The van der Waals surface area contributed by atoms with Gasteiger partial charge in [0.15, 0.2) is 5.82 Å². The first-order valence-electron chi connectivity index (χ1n) is 10.6. The van der Waals surface area contributed by atoms with Crippen molar-refractivity contribution in [1.29, 1.82) is 0 Å². The third-order valence-corrected chi connectivity index (χ3v) is 5.16. The predicted octanol–water partition coefficient (Wildman–Crippen LogP) is 5.70. The maximum Gasteiger partial charge on any atom is 0.153 e. The van der Waals surface area contributed by atoms with Gasteiger partial charge in [-0.15, -0.1) is 0 Å². The highest BCUT2D eigenvalue weighted by Gasteiger charge is 2.12. The minimum atomic E-state index is -0.790. The van der Waals surface area contributed by atoms with E-state index in [2.05, 4.69) is 34.6 Å². The second kappa shape index (κ2) is 9.62. The average molecular weight is 426 g/mol. The first kappa shape index (κ1) is 21.5. The zero-order valence-electron chi connectivity index (χ0n) is 18.5. The largest absolute Gasteiger partial charge is 0.497 e. The summed E-state index contributed by atoms with van der Waals surface area (Å²) in [5.74, 6) is 1.35. The molecular weight excluding hydrogens is 398 g/mol. The molecule has 0 aliphatic rings. The number of aliphatic hydroxyl groups excluding tert-OH is 1. The quantitative estimate of drug-likeness (QED) is 0.372. The van der Waals surface area contributed by atoms with E-state index in [0.717, 1.165) is 33.5 Å². The molecule has 0 fully saturated rings. The molecule has 3 aromatic carbocycles. The smallest absolute Gasteiger partial charge is 0.153 e. The van der Waals surface area contributed by atoms with Gasteiger partial charge in [-0.1, -0.05) is 48.0 Å². The zero-order valence-corrected chi connectivity index (χ0v) is 18.5. The maximum absolute atomic E-state index is 10.7. The standard InChI is InChI=1S/C27H27N3O2/c1-18(2)14-24-27(28-17-25(29-24)21-10-12-23(32-3)13-11-21)30-26(31)16-19-8-9-20-6-4-5-7-22(20)15-19/h4-15,17,26,31H,16H2,1-3H3,(H,28,30). The van der Waals surface area contributed by atoms with Crippen molar-refractivity contribution >= 4 is 22.7 Å². The van der Waals surface area contributed by atoms with E-state index >= 15 is 0 Å². The van der Waals surface area contributed by atoms with Gasteiger partial charge in [0, 0.05) is 12.0 Å². The summed E-state index contributed by atoms with van der Waals surface area (Å²) in [5, 5.41) is 16.2. The third-order valence-electron chi connectivity index (χ3n) is 5.16. The summed E-state index contributed by atoms with van der Waals surface area (Å²) in [6.07, 6.45) is 3.35. The Balaban J connectivity index is 1.56. The van der Waals surface area contributed by atoms with Crippen LogP contribution < -0.4 is 10.1 Å². The van der Waals surface area contributed by atoms with Gasteiger partial charge in [0.1, 0.15) is 17.7 Å². The number of hydrogen-bond acceptors (Lipinski definition) is 5. The van der Waals surface area contributed by atoms with Crippen molar-refractivity contribution in [1.82, 2.24) is 9.97 Å². The molecule has 1 aromatic heterocycles. The Morgan fingerprint density at radius 1 is 1.03 bits per heavy atom. The van der Waals surface area contributed by atoms with Crippen LogP contribution in [0.3, 0.4) is 0 Å². The third kappa shape index (κ3) is 5.13. The molecule has 5 nitrogen and oxygen atoms in total. The molecule has 0 bridgehead atoms. The van der Waals surface area contributed by atoms with Crippen molar-refractivity contribution in [3.05, 3.63) is 89.8 Å². The molecule has 162 valence electrons. The van der Waals surface area contributed by atoms with E-state index in [4.69, 9.17) is 9.72 Å². The van der Waals surface area contributed by atoms with E-state index in [1.807, 2.05) is 62.4 Å². The number of ether oxygens (including phenoxy) is 1. The number of anilines is 1. The minimum Gasteiger partial charge on any atom is -0.497 e. The lowest BCUT2D eigenvalue weighted by Gasteiger charge is -2.16. The highest BCUT2D eigenvalue weighted by molar-refractivity contribution is 5.83. The van der Waals surface area contributed by atoms with Crippen LogP contribution in [-0.2, 0) is 6.42 Å². The van der Waals surface area contributed by atoms with Crippen molar-refractivity contribution in [3.63, 3.8) is 0 Å². The number of rotatable bonds is 7. The Kier molecular flexibility index (Phi) is 6.47. The lowest BCUT2D eigenvalue weighted by Crippen LogP contribution is -2.23. The summed E-state index contributed by atoms with van der Waals surface area (Å²) in [5.41, 5.74) is 4.55. The number of allylic oxidation sites excluding steroid dienone is 1. The molecule has 0 amide bonds. The molecule has 1 unspecified atom stereocenters. The maximum atomic E-state index is 10.7. The first-order chi connectivity index (χ1) is 15.5. The SMILES string of the molecule is COc1ccc(-c2cnc(NC(O)Cc3ccc4ccccc4c3)c(C=C(C)C)n2)cc1. The number of nitrogens with one attached hydrogen (secondary N) is 1. The molecule has 0 saturated heterocycles. The fourth-order valence-corrected chi connectivity index (χ4v) is 3.59. The molecule has 0 saturated carbocycles. The zero-order chi connectivity index (χ0) is 22.5. The van der Waals surface area contributed by atoms with Crippen molar-refractivity contribution in [2.75, 3.05) is 12.4 Å². The molecule has 0 radical (unpaired) electrons. The minimum absolute atomic E-state index is 0.459. The van der Waals surface area contributed by atoms with E-state index in [0.29, 0.717) is 17.9 Å². The Hall–Kier alpha value is -3.70. The summed E-state index contributed by atoms with van der Waals surface area (Å²) < 4.78 is 5.23. The Bertz CT molecular complexity index is 1250. The average Bonchev–Trinajstić information content (AvgIpc) is 2.80. The van der Waals surface area contributed by atoms with Crippen LogP contribution in [0.25, 0.3) is 28.1 Å². The first-order valence-corrected chi connectivity index (χ1v) is 10.6. The number of aliphatic hydroxyl groups is 1. The van der Waals surface area contributed by atoms with Crippen LogP contribution in [0.4, 0.5) is 5.82 Å². The van der Waals surface area contributed by atoms with Crippen LogP contribution in [0.5, 0.6) is 5.75 Å². The normalized spacial score (nSPS) is 11.8. The highest BCUT2D eigenvalue weighted by Crippen LogP contribution is 2.24. The molecule has 0 aliphatic heterocycles. The Labute approximate surface area is 188 Å². The van der Waals surface area contributed by atoms with E-state index < -0.39 is 6.23 Å². The summed E-state index contributed by atoms with van der Waals surface area (Å²) in [4.78, 5) is 9.36. The number of fused-ring (bicyclic) bond motifs is 1. The predicted molar refractivity (Wildman–Crippen MR) is 131 cm³/mol. The molecule has 5 heteroatoms. The van der Waals surface area contributed by atoms with Crippen LogP contribution in [-0.4, -0.2) is 28.4 Å². The molecule has 0 spiro atoms. The van der Waals surface area contributed by atoms with E-state index in [1.165, 1.54) is 5.39 Å². The Morgan fingerprint density at radius 3 is 2.50 bits per heavy atom. The number of hydrogen-bond donors (Lipinski definition) is 2. The van der Waals surface area contributed by atoms with Gasteiger partial charge in [-0.3, -0.25) is 0 Å². The molecule has 4 aromatic rings. The van der Waals surface area contributed by atoms with Gasteiger partial charge in [0.05, 0.1) is 19.0 Å². The van der Waals surface area contributed by atoms with Crippen LogP contribution in [0, 0.1) is 0 Å². The molecule has 4 rings (SSSR count). The van der Waals surface area contributed by atoms with Crippen molar-refractivity contribution < 1.29 is 9.84 Å². The van der Waals surface area contributed by atoms with Gasteiger partial charge in [-0.05, 0) is 60.5 Å². The lowest BCUT2D eigenvalue weighted by atomic mass is 10.0. The highest BCUT2D eigenvalue weighted by atomic mass is 16.5. The van der Waals surface area contributed by atoms with Crippen LogP contribution in [0.2, 0.25) is 0 Å². The van der Waals surface area contributed by atoms with Crippen molar-refractivity contribution in [2.45, 2.75) is 26.5 Å². The number of nitrogens with zero attached hydrogens (tertiary/aromatic N) is 2. The molecule has 1 atom stereocenters. The summed E-state index contributed by atoms with van der Waals surface area (Å²) in [7, 11) is 1.64. The van der Waals surface area contributed by atoms with Gasteiger partial charge in [0.2, 0.25) is 0 Å².